The van der Waals surface area contributed by atoms with Crippen molar-refractivity contribution in [2.45, 2.75) is 26.4 Å². The van der Waals surface area contributed by atoms with E-state index in [2.05, 4.69) is 10.6 Å². The van der Waals surface area contributed by atoms with Crippen LogP contribution in [0.2, 0.25) is 5.02 Å². The third-order valence-corrected chi connectivity index (χ3v) is 2.79. The van der Waals surface area contributed by atoms with Gasteiger partial charge in [-0.2, -0.15) is 0 Å². The van der Waals surface area contributed by atoms with E-state index in [0.29, 0.717) is 23.7 Å². The zero-order valence-electron chi connectivity index (χ0n) is 9.96. The Morgan fingerprint density at radius 1 is 1.53 bits per heavy atom. The summed E-state index contributed by atoms with van der Waals surface area (Å²) in [7, 11) is 0. The Morgan fingerprint density at radius 2 is 2.24 bits per heavy atom. The van der Waals surface area contributed by atoms with Crippen LogP contribution in [0.3, 0.4) is 0 Å². The fraction of sp³-hybridized carbons (Fsp3) is 0.417. The highest BCUT2D eigenvalue weighted by atomic mass is 35.5. The number of amides is 2. The number of anilines is 1. The molecule has 0 aliphatic rings. The lowest BCUT2D eigenvalue weighted by atomic mass is 10.2. The maximum absolute atomic E-state index is 11.5. The van der Waals surface area contributed by atoms with E-state index in [4.69, 9.17) is 16.7 Å². The van der Waals surface area contributed by atoms with E-state index >= 15 is 0 Å². The summed E-state index contributed by atoms with van der Waals surface area (Å²) in [6, 6.07) is 5.12. The van der Waals surface area contributed by atoms with Crippen molar-refractivity contribution in [2.75, 3.05) is 11.9 Å². The van der Waals surface area contributed by atoms with Crippen LogP contribution >= 0.6 is 11.6 Å². The predicted molar refractivity (Wildman–Crippen MR) is 69.5 cm³/mol. The molecule has 0 aromatic heterocycles. The summed E-state index contributed by atoms with van der Waals surface area (Å²) >= 11 is 6.04. The number of carbonyl (C=O) groups excluding carboxylic acids is 1. The number of hydrogen-bond acceptors (Lipinski definition) is 2. The van der Waals surface area contributed by atoms with Crippen molar-refractivity contribution >= 4 is 23.3 Å². The van der Waals surface area contributed by atoms with Crippen LogP contribution in [0, 0.1) is 6.92 Å². The van der Waals surface area contributed by atoms with Crippen molar-refractivity contribution in [3.8, 4) is 0 Å². The Bertz CT molecular complexity index is 394. The number of urea groups is 1. The van der Waals surface area contributed by atoms with Crippen molar-refractivity contribution in [3.05, 3.63) is 28.8 Å². The highest BCUT2D eigenvalue weighted by Crippen LogP contribution is 2.24. The molecular weight excluding hydrogens is 240 g/mol. The first-order chi connectivity index (χ1) is 8.00. The number of rotatable bonds is 4. The quantitative estimate of drug-likeness (QED) is 0.775. The number of aliphatic hydroxyl groups excluding tert-OH is 1. The molecule has 94 valence electrons. The van der Waals surface area contributed by atoms with Crippen molar-refractivity contribution in [1.82, 2.24) is 5.32 Å². The number of nitrogens with one attached hydrogen (secondary N) is 2. The number of carbonyl (C=O) groups is 1. The van der Waals surface area contributed by atoms with Crippen molar-refractivity contribution in [3.63, 3.8) is 0 Å². The first-order valence-corrected chi connectivity index (χ1v) is 5.86. The second-order valence-electron chi connectivity index (χ2n) is 3.96. The molecule has 3 N–H and O–H groups in total. The molecule has 0 aliphatic carbocycles. The monoisotopic (exact) mass is 256 g/mol. The van der Waals surface area contributed by atoms with Gasteiger partial charge in [0.15, 0.2) is 0 Å². The lowest BCUT2D eigenvalue weighted by Gasteiger charge is -2.10. The molecule has 1 unspecified atom stereocenters. The molecule has 1 aromatic rings. The second kappa shape index (κ2) is 6.47. The molecule has 17 heavy (non-hydrogen) atoms. The molecule has 0 saturated carbocycles. The fourth-order valence-corrected chi connectivity index (χ4v) is 1.48. The zero-order valence-corrected chi connectivity index (χ0v) is 10.7. The molecule has 0 fully saturated rings. The van der Waals surface area contributed by atoms with Crippen LogP contribution in [0.15, 0.2) is 18.2 Å². The minimum absolute atomic E-state index is 0.321. The normalized spacial score (nSPS) is 12.0. The van der Waals surface area contributed by atoms with Gasteiger partial charge in [-0.3, -0.25) is 0 Å². The largest absolute Gasteiger partial charge is 0.393 e. The zero-order chi connectivity index (χ0) is 12.8. The first-order valence-electron chi connectivity index (χ1n) is 5.48. The minimum Gasteiger partial charge on any atom is -0.393 e. The van der Waals surface area contributed by atoms with Crippen molar-refractivity contribution in [2.24, 2.45) is 0 Å². The Hall–Kier alpha value is -1.26. The number of benzene rings is 1. The highest BCUT2D eigenvalue weighted by Gasteiger charge is 2.06. The van der Waals surface area contributed by atoms with Crippen LogP contribution in [0.5, 0.6) is 0 Å². The third kappa shape index (κ3) is 4.63. The van der Waals surface area contributed by atoms with Crippen LogP contribution in [-0.2, 0) is 0 Å². The molecule has 1 rings (SSSR count). The van der Waals surface area contributed by atoms with Crippen LogP contribution in [-0.4, -0.2) is 23.8 Å². The second-order valence-corrected chi connectivity index (χ2v) is 4.33. The Kier molecular flexibility index (Phi) is 5.25. The minimum atomic E-state index is -0.419. The number of hydrogen-bond donors (Lipinski definition) is 3. The molecule has 0 radical (unpaired) electrons. The number of aryl methyl sites for hydroxylation is 1. The van der Waals surface area contributed by atoms with Gasteiger partial charge in [0.2, 0.25) is 0 Å². The predicted octanol–water partition coefficient (Wildman–Crippen LogP) is 2.54. The molecule has 4 nitrogen and oxygen atoms in total. The van der Waals surface area contributed by atoms with E-state index in [1.54, 1.807) is 13.0 Å². The van der Waals surface area contributed by atoms with Gasteiger partial charge in [0.25, 0.3) is 0 Å². The Morgan fingerprint density at radius 3 is 2.88 bits per heavy atom. The van der Waals surface area contributed by atoms with E-state index in [9.17, 15) is 4.79 Å². The van der Waals surface area contributed by atoms with Crippen LogP contribution < -0.4 is 10.6 Å². The molecule has 1 atom stereocenters. The molecule has 5 heteroatoms. The van der Waals surface area contributed by atoms with Gasteiger partial charge in [-0.15, -0.1) is 0 Å². The molecule has 0 saturated heterocycles. The van der Waals surface area contributed by atoms with E-state index in [1.165, 1.54) is 0 Å². The summed E-state index contributed by atoms with van der Waals surface area (Å²) in [6.45, 7) is 3.98. The average Bonchev–Trinajstić information content (AvgIpc) is 2.24. The van der Waals surface area contributed by atoms with Crippen molar-refractivity contribution in [1.29, 1.82) is 0 Å². The van der Waals surface area contributed by atoms with E-state index < -0.39 is 6.10 Å². The van der Waals surface area contributed by atoms with E-state index in [-0.39, 0.29) is 6.03 Å². The summed E-state index contributed by atoms with van der Waals surface area (Å²) in [5.74, 6) is 0. The standard InChI is InChI=1S/C12H17ClN2O2/c1-8-4-3-5-10(11(8)13)15-12(17)14-7-6-9(2)16/h3-5,9,16H,6-7H2,1-2H3,(H2,14,15,17). The summed E-state index contributed by atoms with van der Waals surface area (Å²) in [6.07, 6.45) is 0.104. The summed E-state index contributed by atoms with van der Waals surface area (Å²) in [5.41, 5.74) is 1.50. The van der Waals surface area contributed by atoms with E-state index in [1.807, 2.05) is 19.1 Å². The van der Waals surface area contributed by atoms with Gasteiger partial charge in [-0.05, 0) is 31.9 Å². The van der Waals surface area contributed by atoms with Gasteiger partial charge in [0.1, 0.15) is 0 Å². The van der Waals surface area contributed by atoms with Gasteiger partial charge in [-0.1, -0.05) is 23.7 Å². The molecule has 0 spiro atoms. The molecule has 0 bridgehead atoms. The topological polar surface area (TPSA) is 61.4 Å². The Balaban J connectivity index is 2.48. The lowest BCUT2D eigenvalue weighted by molar-refractivity contribution is 0.184. The SMILES string of the molecule is Cc1cccc(NC(=O)NCCC(C)O)c1Cl. The first kappa shape index (κ1) is 13.8. The van der Waals surface area contributed by atoms with Crippen LogP contribution in [0.1, 0.15) is 18.9 Å². The average molecular weight is 257 g/mol. The van der Waals surface area contributed by atoms with Crippen molar-refractivity contribution < 1.29 is 9.90 Å². The maximum atomic E-state index is 11.5. The van der Waals surface area contributed by atoms with Crippen LogP contribution in [0.4, 0.5) is 10.5 Å². The lowest BCUT2D eigenvalue weighted by Crippen LogP contribution is -2.31. The van der Waals surface area contributed by atoms with Gasteiger partial charge in [-0.25, -0.2) is 4.79 Å². The van der Waals surface area contributed by atoms with Gasteiger partial charge >= 0.3 is 6.03 Å². The molecule has 0 heterocycles. The Labute approximate surface area is 106 Å². The molecular formula is C12H17ClN2O2. The summed E-state index contributed by atoms with van der Waals surface area (Å²) in [4.78, 5) is 11.5. The summed E-state index contributed by atoms with van der Waals surface area (Å²) in [5, 5.41) is 14.9. The van der Waals surface area contributed by atoms with Gasteiger partial charge < -0.3 is 15.7 Å². The number of aliphatic hydroxyl groups is 1. The summed E-state index contributed by atoms with van der Waals surface area (Å²) < 4.78 is 0. The third-order valence-electron chi connectivity index (χ3n) is 2.29. The number of halogens is 1. The van der Waals surface area contributed by atoms with Gasteiger partial charge in [0, 0.05) is 6.54 Å². The van der Waals surface area contributed by atoms with Gasteiger partial charge in [0.05, 0.1) is 16.8 Å². The fourth-order valence-electron chi connectivity index (χ4n) is 1.31. The molecule has 1 aromatic carbocycles. The van der Waals surface area contributed by atoms with Crippen LogP contribution in [0.25, 0.3) is 0 Å². The maximum Gasteiger partial charge on any atom is 0.319 e. The molecule has 0 aliphatic heterocycles. The molecule has 2 amide bonds. The smallest absolute Gasteiger partial charge is 0.319 e. The van der Waals surface area contributed by atoms with E-state index in [0.717, 1.165) is 5.56 Å². The highest BCUT2D eigenvalue weighted by molar-refractivity contribution is 6.34.